The summed E-state index contributed by atoms with van der Waals surface area (Å²) in [4.78, 5) is 12.4. The van der Waals surface area contributed by atoms with Gasteiger partial charge in [0, 0.05) is 0 Å². The fourth-order valence-electron chi connectivity index (χ4n) is 2.06. The number of aryl methyl sites for hydroxylation is 2. The Kier molecular flexibility index (Phi) is 6.20. The number of benzene rings is 1. The zero-order chi connectivity index (χ0) is 17.9. The number of hydrogen-bond acceptors (Lipinski definition) is 5. The van der Waals surface area contributed by atoms with Crippen molar-refractivity contribution in [2.45, 2.75) is 40.0 Å². The van der Waals surface area contributed by atoms with Crippen LogP contribution in [0.2, 0.25) is 0 Å². The Hall–Kier alpha value is -1.21. The molecule has 0 aliphatic carbocycles. The molecular weight excluding hydrogens is 438 g/mol. The lowest BCUT2D eigenvalue weighted by Gasteiger charge is -2.21. The van der Waals surface area contributed by atoms with E-state index in [2.05, 4.69) is 79.7 Å². The van der Waals surface area contributed by atoms with Crippen molar-refractivity contribution in [2.75, 3.05) is 13.2 Å². The summed E-state index contributed by atoms with van der Waals surface area (Å²) in [5, 5.41) is 0. The number of halogens is 2. The monoisotopic (exact) mass is 457 g/mol. The summed E-state index contributed by atoms with van der Waals surface area (Å²) in [6.07, 6.45) is 0. The fourth-order valence-corrected chi connectivity index (χ4v) is 3.47. The van der Waals surface area contributed by atoms with Gasteiger partial charge >= 0.3 is 6.01 Å². The Labute approximate surface area is 159 Å². The van der Waals surface area contributed by atoms with Crippen LogP contribution in [0, 0.1) is 13.8 Å². The third-order valence-electron chi connectivity index (χ3n) is 3.26. The third kappa shape index (κ3) is 5.14. The molecule has 0 N–H and O–H groups in total. The Morgan fingerprint density at radius 3 is 1.88 bits per heavy atom. The van der Waals surface area contributed by atoms with E-state index in [1.54, 1.807) is 0 Å². The van der Waals surface area contributed by atoms with E-state index in [0.717, 1.165) is 14.7 Å². The van der Waals surface area contributed by atoms with Crippen molar-refractivity contribution in [1.29, 1.82) is 0 Å². The Bertz CT molecular complexity index is 687. The molecule has 1 aromatic heterocycles. The summed E-state index contributed by atoms with van der Waals surface area (Å²) in [5.74, 6) is 2.04. The normalized spacial score (nSPS) is 11.5. The van der Waals surface area contributed by atoms with Crippen molar-refractivity contribution in [3.63, 3.8) is 0 Å². The average molecular weight is 459 g/mol. The molecule has 1 heterocycles. The highest BCUT2D eigenvalue weighted by Gasteiger charge is 2.18. The Morgan fingerprint density at radius 2 is 1.38 bits per heavy atom. The van der Waals surface area contributed by atoms with Gasteiger partial charge in [0.25, 0.3) is 0 Å². The van der Waals surface area contributed by atoms with Crippen LogP contribution < -0.4 is 9.47 Å². The molecule has 0 aliphatic rings. The second-order valence-corrected chi connectivity index (χ2v) is 8.14. The van der Waals surface area contributed by atoms with Crippen LogP contribution in [0.4, 0.5) is 0 Å². The van der Waals surface area contributed by atoms with Gasteiger partial charge in [-0.2, -0.15) is 9.97 Å². The molecule has 5 nitrogen and oxygen atoms in total. The van der Waals surface area contributed by atoms with Gasteiger partial charge in [-0.3, -0.25) is 0 Å². The minimum atomic E-state index is 0.0705. The van der Waals surface area contributed by atoms with Crippen molar-refractivity contribution >= 4 is 31.9 Å². The van der Waals surface area contributed by atoms with E-state index in [9.17, 15) is 0 Å². The van der Waals surface area contributed by atoms with E-state index in [1.165, 1.54) is 5.56 Å². The molecule has 2 aromatic rings. The van der Waals surface area contributed by atoms with Crippen LogP contribution in [0.15, 0.2) is 21.1 Å². The molecule has 7 heteroatoms. The van der Waals surface area contributed by atoms with E-state index in [1.807, 2.05) is 13.8 Å². The third-order valence-corrected chi connectivity index (χ3v) is 4.44. The Morgan fingerprint density at radius 1 is 0.875 bits per heavy atom. The van der Waals surface area contributed by atoms with Crippen LogP contribution in [0.3, 0.4) is 0 Å². The molecule has 0 atom stereocenters. The maximum atomic E-state index is 5.83. The van der Waals surface area contributed by atoms with E-state index in [0.29, 0.717) is 30.9 Å². The zero-order valence-electron chi connectivity index (χ0n) is 14.5. The first-order valence-corrected chi connectivity index (χ1v) is 9.20. The van der Waals surface area contributed by atoms with Gasteiger partial charge in [0.05, 0.1) is 8.95 Å². The first-order chi connectivity index (χ1) is 11.2. The number of ether oxygens (including phenoxy) is 2. The van der Waals surface area contributed by atoms with E-state index >= 15 is 0 Å². The maximum Gasteiger partial charge on any atom is 0.320 e. The van der Waals surface area contributed by atoms with Gasteiger partial charge < -0.3 is 9.47 Å². The van der Waals surface area contributed by atoms with Crippen molar-refractivity contribution in [3.8, 4) is 11.8 Å². The topological polar surface area (TPSA) is 57.1 Å². The molecule has 0 saturated carbocycles. The van der Waals surface area contributed by atoms with Gasteiger partial charge in [0.1, 0.15) is 30.6 Å². The quantitative estimate of drug-likeness (QED) is 0.604. The Balaban J connectivity index is 1.97. The summed E-state index contributed by atoms with van der Waals surface area (Å²) in [6.45, 7) is 10.9. The predicted octanol–water partition coefficient (Wildman–Crippen LogP) is 4.77. The lowest BCUT2D eigenvalue weighted by molar-refractivity contribution is 0.203. The highest BCUT2D eigenvalue weighted by molar-refractivity contribution is 9.11. The lowest BCUT2D eigenvalue weighted by atomic mass is 9.87. The summed E-state index contributed by atoms with van der Waals surface area (Å²) >= 11 is 7.16. The van der Waals surface area contributed by atoms with Crippen LogP contribution >= 0.6 is 31.9 Å². The number of rotatable bonds is 5. The van der Waals surface area contributed by atoms with Crippen LogP contribution in [-0.2, 0) is 5.41 Å². The average Bonchev–Trinajstić information content (AvgIpc) is 2.43. The zero-order valence-corrected chi connectivity index (χ0v) is 17.7. The van der Waals surface area contributed by atoms with Crippen molar-refractivity contribution in [3.05, 3.63) is 38.3 Å². The molecule has 0 aliphatic heterocycles. The van der Waals surface area contributed by atoms with Gasteiger partial charge in [0.15, 0.2) is 0 Å². The molecule has 0 bridgehead atoms. The molecule has 0 amide bonds. The molecule has 0 radical (unpaired) electrons. The molecule has 2 rings (SSSR count). The summed E-state index contributed by atoms with van der Waals surface area (Å²) < 4.78 is 13.2. The molecule has 0 fully saturated rings. The summed E-state index contributed by atoms with van der Waals surface area (Å²) in [7, 11) is 0. The predicted molar refractivity (Wildman–Crippen MR) is 101 cm³/mol. The standard InChI is InChI=1S/C17H21Br2N3O2/c1-10-20-11(2)22-16(21-10)24-7-6-23-15-13(18)8-12(9-14(15)19)17(3,4)5/h8-9H,6-7H2,1-5H3. The summed E-state index contributed by atoms with van der Waals surface area (Å²) in [5.41, 5.74) is 1.29. The number of hydrogen-bond donors (Lipinski definition) is 0. The van der Waals surface area contributed by atoms with Gasteiger partial charge in [-0.1, -0.05) is 20.8 Å². The minimum absolute atomic E-state index is 0.0705. The second kappa shape index (κ2) is 7.78. The first kappa shape index (κ1) is 19.1. The molecule has 1 aromatic carbocycles. The first-order valence-electron chi connectivity index (χ1n) is 7.61. The highest BCUT2D eigenvalue weighted by Crippen LogP contribution is 2.38. The van der Waals surface area contributed by atoms with E-state index < -0.39 is 0 Å². The van der Waals surface area contributed by atoms with Crippen LogP contribution in [0.25, 0.3) is 0 Å². The van der Waals surface area contributed by atoms with Gasteiger partial charge in [-0.25, -0.2) is 4.98 Å². The highest BCUT2D eigenvalue weighted by atomic mass is 79.9. The smallest absolute Gasteiger partial charge is 0.320 e. The minimum Gasteiger partial charge on any atom is -0.488 e. The largest absolute Gasteiger partial charge is 0.488 e. The SMILES string of the molecule is Cc1nc(C)nc(OCCOc2c(Br)cc(C(C)(C)C)cc2Br)n1. The number of aromatic nitrogens is 3. The second-order valence-electron chi connectivity index (χ2n) is 6.43. The number of nitrogens with zero attached hydrogens (tertiary/aromatic N) is 3. The molecule has 0 unspecified atom stereocenters. The molecule has 24 heavy (non-hydrogen) atoms. The fraction of sp³-hybridized carbons (Fsp3) is 0.471. The van der Waals surface area contributed by atoms with Crippen molar-refractivity contribution in [2.24, 2.45) is 0 Å². The maximum absolute atomic E-state index is 5.83. The van der Waals surface area contributed by atoms with Crippen LogP contribution in [0.1, 0.15) is 38.0 Å². The van der Waals surface area contributed by atoms with Crippen molar-refractivity contribution in [1.82, 2.24) is 15.0 Å². The van der Waals surface area contributed by atoms with Gasteiger partial charge in [-0.05, 0) is 68.8 Å². The van der Waals surface area contributed by atoms with Gasteiger partial charge in [-0.15, -0.1) is 0 Å². The van der Waals surface area contributed by atoms with Crippen LogP contribution in [0.5, 0.6) is 11.8 Å². The van der Waals surface area contributed by atoms with E-state index in [4.69, 9.17) is 9.47 Å². The van der Waals surface area contributed by atoms with Crippen LogP contribution in [-0.4, -0.2) is 28.2 Å². The molecule has 0 spiro atoms. The van der Waals surface area contributed by atoms with E-state index in [-0.39, 0.29) is 5.41 Å². The molecule has 0 saturated heterocycles. The van der Waals surface area contributed by atoms with Crippen molar-refractivity contribution < 1.29 is 9.47 Å². The molecule has 130 valence electrons. The molecular formula is C17H21Br2N3O2. The van der Waals surface area contributed by atoms with Gasteiger partial charge in [0.2, 0.25) is 0 Å². The lowest BCUT2D eigenvalue weighted by Crippen LogP contribution is -2.14. The summed E-state index contributed by atoms with van der Waals surface area (Å²) in [6, 6.07) is 4.49.